The molecule has 1 N–H and O–H groups in total. The number of aromatic nitrogens is 3. The van der Waals surface area contributed by atoms with Crippen LogP contribution in [0.25, 0.3) is 28.2 Å². The SMILES string of the molecule is CCCCOCSc1nc(-c2ccccc2)cn2c(-c3ccc(C(=O)NC4CC4)cc3)cnc12. The normalized spacial score (nSPS) is 13.3. The number of amides is 1. The van der Waals surface area contributed by atoms with E-state index in [0.29, 0.717) is 17.5 Å². The Bertz CT molecular complexity index is 1270. The highest BCUT2D eigenvalue weighted by atomic mass is 32.2. The van der Waals surface area contributed by atoms with Gasteiger partial charge in [0, 0.05) is 35.5 Å². The zero-order chi connectivity index (χ0) is 23.3. The van der Waals surface area contributed by atoms with Gasteiger partial charge in [-0.1, -0.05) is 67.6 Å². The summed E-state index contributed by atoms with van der Waals surface area (Å²) < 4.78 is 7.87. The number of benzene rings is 2. The molecule has 6 nitrogen and oxygen atoms in total. The average molecular weight is 473 g/mol. The van der Waals surface area contributed by atoms with Crippen LogP contribution in [0, 0.1) is 0 Å². The standard InChI is InChI=1S/C27H28N4O2S/c1-2-3-15-33-18-34-27-25-28-16-24(31(25)17-23(30-27)19-7-5-4-6-8-19)20-9-11-21(12-10-20)26(32)29-22-13-14-22/h4-12,16-17,22H,2-3,13-15,18H2,1H3,(H,29,32). The topological polar surface area (TPSA) is 68.5 Å². The van der Waals surface area contributed by atoms with Crippen LogP contribution in [0.3, 0.4) is 0 Å². The molecular formula is C27H28N4O2S. The molecule has 174 valence electrons. The Morgan fingerprint density at radius 3 is 2.65 bits per heavy atom. The van der Waals surface area contributed by atoms with E-state index in [-0.39, 0.29) is 5.91 Å². The fourth-order valence-corrected chi connectivity index (χ4v) is 4.47. The van der Waals surface area contributed by atoms with Crippen LogP contribution >= 0.6 is 11.8 Å². The van der Waals surface area contributed by atoms with Crippen molar-refractivity contribution in [2.75, 3.05) is 12.5 Å². The van der Waals surface area contributed by atoms with Gasteiger partial charge in [0.1, 0.15) is 5.03 Å². The Balaban J connectivity index is 1.47. The number of thioether (sulfide) groups is 1. The molecule has 0 saturated heterocycles. The average Bonchev–Trinajstić information content (AvgIpc) is 3.59. The van der Waals surface area contributed by atoms with Crippen molar-refractivity contribution in [3.05, 3.63) is 72.6 Å². The Morgan fingerprint density at radius 1 is 1.12 bits per heavy atom. The fourth-order valence-electron chi connectivity index (χ4n) is 3.71. The predicted octanol–water partition coefficient (Wildman–Crippen LogP) is 5.82. The molecule has 2 aromatic carbocycles. The first-order chi connectivity index (χ1) is 16.7. The van der Waals surface area contributed by atoms with Gasteiger partial charge in [-0.2, -0.15) is 0 Å². The monoisotopic (exact) mass is 472 g/mol. The van der Waals surface area contributed by atoms with E-state index in [1.165, 1.54) is 0 Å². The molecule has 2 heterocycles. The molecule has 0 spiro atoms. The molecule has 1 amide bonds. The molecule has 5 rings (SSSR count). The second-order valence-corrected chi connectivity index (χ2v) is 9.39. The second kappa shape index (κ2) is 10.4. The van der Waals surface area contributed by atoms with E-state index in [9.17, 15) is 4.79 Å². The third-order valence-electron chi connectivity index (χ3n) is 5.81. The van der Waals surface area contributed by atoms with Gasteiger partial charge in [-0.3, -0.25) is 9.20 Å². The van der Waals surface area contributed by atoms with Gasteiger partial charge in [0.15, 0.2) is 5.65 Å². The maximum Gasteiger partial charge on any atom is 0.251 e. The molecule has 1 fully saturated rings. The number of unbranched alkanes of at least 4 members (excludes halogenated alkanes) is 1. The number of carbonyl (C=O) groups excluding carboxylic acids is 1. The summed E-state index contributed by atoms with van der Waals surface area (Å²) in [7, 11) is 0. The van der Waals surface area contributed by atoms with Crippen LogP contribution in [0.15, 0.2) is 72.0 Å². The molecule has 1 saturated carbocycles. The second-order valence-electron chi connectivity index (χ2n) is 8.48. The number of carbonyl (C=O) groups is 1. The molecule has 4 aromatic rings. The summed E-state index contributed by atoms with van der Waals surface area (Å²) in [6.07, 6.45) is 8.22. The lowest BCUT2D eigenvalue weighted by Gasteiger charge is -2.10. The van der Waals surface area contributed by atoms with E-state index in [1.807, 2.05) is 54.9 Å². The molecule has 7 heteroatoms. The molecule has 0 bridgehead atoms. The van der Waals surface area contributed by atoms with Gasteiger partial charge < -0.3 is 10.1 Å². The van der Waals surface area contributed by atoms with Crippen LogP contribution in [-0.2, 0) is 4.74 Å². The summed E-state index contributed by atoms with van der Waals surface area (Å²) in [5.74, 6) is 0.526. The van der Waals surface area contributed by atoms with Crippen molar-refractivity contribution >= 4 is 23.3 Å². The van der Waals surface area contributed by atoms with Crippen LogP contribution in [0.4, 0.5) is 0 Å². The van der Waals surface area contributed by atoms with E-state index < -0.39 is 0 Å². The number of hydrogen-bond donors (Lipinski definition) is 1. The Morgan fingerprint density at radius 2 is 1.91 bits per heavy atom. The Labute approximate surface area is 203 Å². The van der Waals surface area contributed by atoms with Gasteiger partial charge in [0.25, 0.3) is 5.91 Å². The fraction of sp³-hybridized carbons (Fsp3) is 0.296. The molecule has 1 aliphatic carbocycles. The zero-order valence-electron chi connectivity index (χ0n) is 19.2. The molecule has 0 unspecified atom stereocenters. The smallest absolute Gasteiger partial charge is 0.251 e. The maximum absolute atomic E-state index is 12.4. The van der Waals surface area contributed by atoms with Crippen LogP contribution in [0.2, 0.25) is 0 Å². The minimum Gasteiger partial charge on any atom is -0.370 e. The Kier molecular flexibility index (Phi) is 6.92. The van der Waals surface area contributed by atoms with Gasteiger partial charge in [0.2, 0.25) is 0 Å². The summed E-state index contributed by atoms with van der Waals surface area (Å²) in [6.45, 7) is 2.90. The van der Waals surface area contributed by atoms with E-state index in [0.717, 1.165) is 65.5 Å². The first kappa shape index (κ1) is 22.6. The van der Waals surface area contributed by atoms with Crippen molar-refractivity contribution in [3.63, 3.8) is 0 Å². The number of rotatable bonds is 10. The number of nitrogens with one attached hydrogen (secondary N) is 1. The molecule has 0 atom stereocenters. The van der Waals surface area contributed by atoms with Gasteiger partial charge in [-0.05, 0) is 31.4 Å². The summed E-state index contributed by atoms with van der Waals surface area (Å²) in [5, 5.41) is 3.88. The third-order valence-corrected chi connectivity index (χ3v) is 6.64. The number of imidazole rings is 1. The highest BCUT2D eigenvalue weighted by Crippen LogP contribution is 2.30. The van der Waals surface area contributed by atoms with Gasteiger partial charge in [-0.15, -0.1) is 0 Å². The lowest BCUT2D eigenvalue weighted by Crippen LogP contribution is -2.25. The highest BCUT2D eigenvalue weighted by molar-refractivity contribution is 7.99. The first-order valence-corrected chi connectivity index (χ1v) is 12.8. The van der Waals surface area contributed by atoms with E-state index in [4.69, 9.17) is 14.7 Å². The van der Waals surface area contributed by atoms with Gasteiger partial charge in [0.05, 0.1) is 23.5 Å². The van der Waals surface area contributed by atoms with E-state index in [2.05, 4.69) is 28.8 Å². The van der Waals surface area contributed by atoms with E-state index >= 15 is 0 Å². The van der Waals surface area contributed by atoms with Crippen LogP contribution in [-0.4, -0.2) is 38.9 Å². The van der Waals surface area contributed by atoms with Crippen molar-refractivity contribution in [1.29, 1.82) is 0 Å². The lowest BCUT2D eigenvalue weighted by atomic mass is 10.1. The molecule has 34 heavy (non-hydrogen) atoms. The van der Waals surface area contributed by atoms with E-state index in [1.54, 1.807) is 11.8 Å². The summed E-state index contributed by atoms with van der Waals surface area (Å²) in [4.78, 5) is 22.0. The third kappa shape index (κ3) is 5.16. The molecular weight excluding hydrogens is 444 g/mol. The number of ether oxygens (including phenoxy) is 1. The quantitative estimate of drug-likeness (QED) is 0.179. The number of fused-ring (bicyclic) bond motifs is 1. The predicted molar refractivity (Wildman–Crippen MR) is 136 cm³/mol. The van der Waals surface area contributed by atoms with Crippen LogP contribution < -0.4 is 5.32 Å². The first-order valence-electron chi connectivity index (χ1n) is 11.8. The number of nitrogens with zero attached hydrogens (tertiary/aromatic N) is 3. The maximum atomic E-state index is 12.4. The van der Waals surface area contributed by atoms with Gasteiger partial charge >= 0.3 is 0 Å². The minimum absolute atomic E-state index is 0.00971. The summed E-state index contributed by atoms with van der Waals surface area (Å²) in [5.41, 5.74) is 5.35. The lowest BCUT2D eigenvalue weighted by molar-refractivity contribution is 0.0951. The zero-order valence-corrected chi connectivity index (χ0v) is 20.1. The summed E-state index contributed by atoms with van der Waals surface area (Å²) >= 11 is 1.57. The molecule has 0 aliphatic heterocycles. The van der Waals surface area contributed by atoms with Crippen molar-refractivity contribution in [2.24, 2.45) is 0 Å². The van der Waals surface area contributed by atoms with Crippen molar-refractivity contribution in [1.82, 2.24) is 19.7 Å². The van der Waals surface area contributed by atoms with Crippen molar-refractivity contribution < 1.29 is 9.53 Å². The van der Waals surface area contributed by atoms with Crippen LogP contribution in [0.1, 0.15) is 43.0 Å². The van der Waals surface area contributed by atoms with Crippen molar-refractivity contribution in [3.8, 4) is 22.5 Å². The summed E-state index contributed by atoms with van der Waals surface area (Å²) in [6, 6.07) is 18.2. The van der Waals surface area contributed by atoms with Crippen LogP contribution in [0.5, 0.6) is 0 Å². The van der Waals surface area contributed by atoms with Crippen molar-refractivity contribution in [2.45, 2.75) is 43.7 Å². The molecule has 0 radical (unpaired) electrons. The molecule has 2 aromatic heterocycles. The number of hydrogen-bond acceptors (Lipinski definition) is 5. The molecule has 1 aliphatic rings. The largest absolute Gasteiger partial charge is 0.370 e. The minimum atomic E-state index is -0.00971. The van der Waals surface area contributed by atoms with Gasteiger partial charge in [-0.25, -0.2) is 9.97 Å². The highest BCUT2D eigenvalue weighted by Gasteiger charge is 2.23. The Hall–Kier alpha value is -3.16.